The van der Waals surface area contributed by atoms with E-state index in [4.69, 9.17) is 0 Å². The fourth-order valence-corrected chi connectivity index (χ4v) is 4.59. The van der Waals surface area contributed by atoms with Crippen LogP contribution in [0.1, 0.15) is 0 Å². The van der Waals surface area contributed by atoms with Crippen molar-refractivity contribution in [3.63, 3.8) is 0 Å². The molecule has 0 aliphatic carbocycles. The highest BCUT2D eigenvalue weighted by Gasteiger charge is 2.12. The maximum Gasteiger partial charge on any atom is 0.194 e. The summed E-state index contributed by atoms with van der Waals surface area (Å²) in [5.41, 5.74) is 2.16. The molecule has 2 aromatic heterocycles. The summed E-state index contributed by atoms with van der Waals surface area (Å²) in [5, 5.41) is 9.48. The highest BCUT2D eigenvalue weighted by Crippen LogP contribution is 2.37. The molecule has 0 aliphatic rings. The van der Waals surface area contributed by atoms with Gasteiger partial charge in [0.25, 0.3) is 0 Å². The van der Waals surface area contributed by atoms with Crippen LogP contribution in [0, 0.1) is 5.95 Å². The third-order valence-corrected chi connectivity index (χ3v) is 6.02. The van der Waals surface area contributed by atoms with Gasteiger partial charge in [-0.1, -0.05) is 36.4 Å². The van der Waals surface area contributed by atoms with Gasteiger partial charge in [-0.2, -0.15) is 4.39 Å². The van der Waals surface area contributed by atoms with Crippen LogP contribution in [0.25, 0.3) is 54.1 Å². The lowest BCUT2D eigenvalue weighted by Gasteiger charge is -2.10. The number of nitrogens with zero attached hydrogens (tertiary/aromatic N) is 2. The van der Waals surface area contributed by atoms with E-state index in [1.54, 1.807) is 17.7 Å². The van der Waals surface area contributed by atoms with Gasteiger partial charge in [0.2, 0.25) is 0 Å². The molecule has 0 saturated heterocycles. The van der Waals surface area contributed by atoms with Crippen molar-refractivity contribution in [2.24, 2.45) is 14.1 Å². The molecule has 0 spiro atoms. The van der Waals surface area contributed by atoms with Gasteiger partial charge in [0.15, 0.2) is 5.95 Å². The molecular formula is C24H17FN2. The number of halogens is 1. The summed E-state index contributed by atoms with van der Waals surface area (Å²) >= 11 is 0. The second-order valence-corrected chi connectivity index (χ2v) is 7.37. The van der Waals surface area contributed by atoms with E-state index in [9.17, 15) is 4.39 Å². The molecule has 6 aromatic rings. The maximum atomic E-state index is 14.1. The van der Waals surface area contributed by atoms with Crippen LogP contribution in [-0.4, -0.2) is 9.13 Å². The van der Waals surface area contributed by atoms with E-state index in [2.05, 4.69) is 66.3 Å². The molecule has 0 atom stereocenters. The first-order valence-electron chi connectivity index (χ1n) is 9.10. The van der Waals surface area contributed by atoms with E-state index >= 15 is 0 Å². The molecule has 2 nitrogen and oxygen atoms in total. The van der Waals surface area contributed by atoms with Crippen LogP contribution in [-0.2, 0) is 14.1 Å². The minimum Gasteiger partial charge on any atom is -0.351 e. The molecule has 0 N–H and O–H groups in total. The van der Waals surface area contributed by atoms with Crippen molar-refractivity contribution in [3.8, 4) is 0 Å². The number of benzene rings is 4. The minimum atomic E-state index is -0.206. The first-order chi connectivity index (χ1) is 13.1. The summed E-state index contributed by atoms with van der Waals surface area (Å²) in [5.74, 6) is -0.206. The van der Waals surface area contributed by atoms with Gasteiger partial charge in [0.05, 0.1) is 5.52 Å². The number of hydrogen-bond acceptors (Lipinski definition) is 0. The molecule has 0 unspecified atom stereocenters. The molecule has 2 heterocycles. The molecule has 0 bridgehead atoms. The molecule has 0 aliphatic heterocycles. The largest absolute Gasteiger partial charge is 0.351 e. The lowest BCUT2D eigenvalue weighted by molar-refractivity contribution is 0.542. The number of aromatic nitrogens is 2. The van der Waals surface area contributed by atoms with Crippen LogP contribution >= 0.6 is 0 Å². The van der Waals surface area contributed by atoms with Gasteiger partial charge in [0, 0.05) is 42.6 Å². The van der Waals surface area contributed by atoms with Crippen LogP contribution in [0.4, 0.5) is 4.39 Å². The van der Waals surface area contributed by atoms with Crippen molar-refractivity contribution in [1.82, 2.24) is 9.13 Å². The van der Waals surface area contributed by atoms with Gasteiger partial charge < -0.3 is 9.13 Å². The molecule has 0 radical (unpaired) electrons. The fraction of sp³-hybridized carbons (Fsp3) is 0.0833. The molecule has 0 saturated carbocycles. The van der Waals surface area contributed by atoms with E-state index in [0.717, 1.165) is 16.3 Å². The summed E-state index contributed by atoms with van der Waals surface area (Å²) in [6.07, 6.45) is 2.11. The average Bonchev–Trinajstić information content (AvgIpc) is 3.21. The summed E-state index contributed by atoms with van der Waals surface area (Å²) < 4.78 is 17.9. The first-order valence-corrected chi connectivity index (χ1v) is 9.10. The average molecular weight is 352 g/mol. The van der Waals surface area contributed by atoms with E-state index in [0.29, 0.717) is 0 Å². The van der Waals surface area contributed by atoms with Crippen molar-refractivity contribution in [2.45, 2.75) is 0 Å². The van der Waals surface area contributed by atoms with Crippen molar-refractivity contribution in [2.75, 3.05) is 0 Å². The summed E-state index contributed by atoms with van der Waals surface area (Å²) in [6.45, 7) is 0. The molecule has 27 heavy (non-hydrogen) atoms. The Hall–Kier alpha value is -3.33. The van der Waals surface area contributed by atoms with E-state index in [1.807, 2.05) is 6.07 Å². The zero-order valence-electron chi connectivity index (χ0n) is 15.1. The Bertz CT molecular complexity index is 1550. The number of hydrogen-bond donors (Lipinski definition) is 0. The maximum absolute atomic E-state index is 14.1. The normalized spacial score (nSPS) is 12.3. The Morgan fingerprint density at radius 2 is 1.04 bits per heavy atom. The minimum absolute atomic E-state index is 0.206. The van der Waals surface area contributed by atoms with Crippen molar-refractivity contribution < 1.29 is 4.39 Å². The fourth-order valence-electron chi connectivity index (χ4n) is 4.59. The third-order valence-electron chi connectivity index (χ3n) is 6.02. The zero-order chi connectivity index (χ0) is 18.3. The van der Waals surface area contributed by atoms with Crippen LogP contribution in [0.5, 0.6) is 0 Å². The Labute approximate surface area is 155 Å². The Morgan fingerprint density at radius 1 is 0.556 bits per heavy atom. The van der Waals surface area contributed by atoms with Gasteiger partial charge in [-0.25, -0.2) is 0 Å². The van der Waals surface area contributed by atoms with Crippen molar-refractivity contribution in [1.29, 1.82) is 0 Å². The van der Waals surface area contributed by atoms with Crippen LogP contribution in [0.2, 0.25) is 0 Å². The lowest BCUT2D eigenvalue weighted by Crippen LogP contribution is -1.90. The Balaban J connectivity index is 1.80. The number of rotatable bonds is 0. The topological polar surface area (TPSA) is 9.86 Å². The predicted molar refractivity (Wildman–Crippen MR) is 112 cm³/mol. The molecule has 0 fully saturated rings. The predicted octanol–water partition coefficient (Wildman–Crippen LogP) is 6.27. The Morgan fingerprint density at radius 3 is 1.67 bits per heavy atom. The molecule has 0 amide bonds. The molecule has 3 heteroatoms. The first kappa shape index (κ1) is 14.8. The molecule has 6 rings (SSSR count). The summed E-state index contributed by atoms with van der Waals surface area (Å²) in [4.78, 5) is 0. The lowest BCUT2D eigenvalue weighted by atomic mass is 9.94. The summed E-state index contributed by atoms with van der Waals surface area (Å²) in [6, 6.07) is 21.1. The second kappa shape index (κ2) is 4.89. The van der Waals surface area contributed by atoms with Crippen molar-refractivity contribution in [3.05, 3.63) is 72.8 Å². The van der Waals surface area contributed by atoms with Gasteiger partial charge >= 0.3 is 0 Å². The Kier molecular flexibility index (Phi) is 2.68. The van der Waals surface area contributed by atoms with Crippen LogP contribution in [0.15, 0.2) is 66.9 Å². The smallest absolute Gasteiger partial charge is 0.194 e. The van der Waals surface area contributed by atoms with Gasteiger partial charge in [-0.05, 0) is 50.5 Å². The highest BCUT2D eigenvalue weighted by molar-refractivity contribution is 6.24. The standard InChI is InChI=1S/C24H17FN2/c1-26-12-11-20-18-5-3-15-14(16(18)7-9-22(20)26)4-6-19-17(15)8-10-23-21(19)13-24(25)27(23)2/h3-13H,1-2H3. The SMILES string of the molecule is Cn1ccc2c3ccc4c(ccc5c4ccc4c5cc(F)n4C)c3ccc21. The van der Waals surface area contributed by atoms with Gasteiger partial charge in [0.1, 0.15) is 0 Å². The molecule has 4 aromatic carbocycles. The van der Waals surface area contributed by atoms with Crippen molar-refractivity contribution >= 4 is 54.1 Å². The zero-order valence-corrected chi connectivity index (χ0v) is 15.1. The number of aryl methyl sites for hydroxylation is 2. The molecular weight excluding hydrogens is 335 g/mol. The third kappa shape index (κ3) is 1.78. The molecule has 130 valence electrons. The highest BCUT2D eigenvalue weighted by atomic mass is 19.1. The quantitative estimate of drug-likeness (QED) is 0.285. The number of fused-ring (bicyclic) bond motifs is 9. The van der Waals surface area contributed by atoms with Crippen LogP contribution in [0.3, 0.4) is 0 Å². The van der Waals surface area contributed by atoms with Gasteiger partial charge in [-0.15, -0.1) is 0 Å². The summed E-state index contributed by atoms with van der Waals surface area (Å²) in [7, 11) is 3.84. The second-order valence-electron chi connectivity index (χ2n) is 7.37. The monoisotopic (exact) mass is 352 g/mol. The van der Waals surface area contributed by atoms with Crippen LogP contribution < -0.4 is 0 Å². The van der Waals surface area contributed by atoms with E-state index < -0.39 is 0 Å². The van der Waals surface area contributed by atoms with Gasteiger partial charge in [-0.3, -0.25) is 0 Å². The van der Waals surface area contributed by atoms with E-state index in [1.165, 1.54) is 37.8 Å². The van der Waals surface area contributed by atoms with E-state index in [-0.39, 0.29) is 5.95 Å².